The number of benzene rings is 1. The van der Waals surface area contributed by atoms with Gasteiger partial charge in [-0.05, 0) is 33.8 Å². The molecule has 1 saturated heterocycles. The fourth-order valence-corrected chi connectivity index (χ4v) is 3.84. The average Bonchev–Trinajstić information content (AvgIpc) is 3.41. The summed E-state index contributed by atoms with van der Waals surface area (Å²) in [7, 11) is 0. The quantitative estimate of drug-likeness (QED) is 0.547. The number of hydrogen-bond acceptors (Lipinski definition) is 6. The van der Waals surface area contributed by atoms with E-state index < -0.39 is 37.2 Å². The molecule has 3 N–H and O–H groups in total. The van der Waals surface area contributed by atoms with Crippen molar-refractivity contribution in [3.63, 3.8) is 0 Å². The van der Waals surface area contributed by atoms with E-state index in [2.05, 4.69) is 31.3 Å². The zero-order chi connectivity index (χ0) is 26.3. The van der Waals surface area contributed by atoms with Crippen LogP contribution in [0.4, 0.5) is 10.5 Å². The Kier molecular flexibility index (Phi) is 4.50. The van der Waals surface area contributed by atoms with E-state index in [1.54, 1.807) is 30.5 Å². The lowest BCUT2D eigenvalue weighted by molar-refractivity contribution is 0.0998. The van der Waals surface area contributed by atoms with Gasteiger partial charge in [0.2, 0.25) is 0 Å². The van der Waals surface area contributed by atoms with Gasteiger partial charge in [-0.2, -0.15) is 5.10 Å². The second-order valence-corrected chi connectivity index (χ2v) is 7.89. The van der Waals surface area contributed by atoms with E-state index in [0.29, 0.717) is 4.60 Å². The van der Waals surface area contributed by atoms with Gasteiger partial charge in [-0.3, -0.25) is 4.79 Å². The first-order valence-corrected chi connectivity index (χ1v) is 10.2. The Morgan fingerprint density at radius 1 is 1.39 bits per heavy atom. The number of nitrogens with one attached hydrogen (secondary N) is 1. The molecule has 0 aliphatic carbocycles. The summed E-state index contributed by atoms with van der Waals surface area (Å²) in [5.74, 6) is -1.99. The highest BCUT2D eigenvalue weighted by atomic mass is 79.9. The van der Waals surface area contributed by atoms with Crippen LogP contribution in [0.2, 0.25) is 0 Å². The van der Waals surface area contributed by atoms with Crippen LogP contribution in [-0.2, 0) is 11.3 Å². The number of carbonyl (C=O) groups excluding carboxylic acids is 2. The number of likely N-dealkylation sites (tertiary alicyclic amines) is 1. The minimum atomic E-state index is -2.97. The number of hydrogen-bond donors (Lipinski definition) is 2. The van der Waals surface area contributed by atoms with Crippen molar-refractivity contribution in [2.75, 3.05) is 18.4 Å². The summed E-state index contributed by atoms with van der Waals surface area (Å²) < 4.78 is 47.3. The Bertz CT molecular complexity index is 1290. The number of nitrogens with two attached hydrogens (primary N) is 1. The molecule has 2 aromatic heterocycles. The van der Waals surface area contributed by atoms with Gasteiger partial charge in [0.1, 0.15) is 11.2 Å². The van der Waals surface area contributed by atoms with Gasteiger partial charge in [0, 0.05) is 26.0 Å². The molecule has 1 fully saturated rings. The van der Waals surface area contributed by atoms with Crippen LogP contribution in [0.3, 0.4) is 0 Å². The maximum absolute atomic E-state index is 12.8. The topological polar surface area (TPSA) is 115 Å². The molecule has 3 heterocycles. The molecule has 0 spiro atoms. The van der Waals surface area contributed by atoms with E-state index in [0.717, 1.165) is 5.56 Å². The summed E-state index contributed by atoms with van der Waals surface area (Å²) in [5, 5.41) is 7.15. The van der Waals surface area contributed by atoms with Crippen molar-refractivity contribution in [2.45, 2.75) is 25.9 Å². The molecule has 10 heteroatoms. The average molecular weight is 492 g/mol. The van der Waals surface area contributed by atoms with E-state index in [9.17, 15) is 9.59 Å². The Balaban J connectivity index is 1.65. The van der Waals surface area contributed by atoms with E-state index in [-0.39, 0.29) is 36.6 Å². The summed E-state index contributed by atoms with van der Waals surface area (Å²) in [5.41, 5.74) is 6.65. The molecule has 1 aliphatic rings. The number of carbonyl (C=O) groups is 2. The lowest BCUT2D eigenvalue weighted by Gasteiger charge is -2.21. The van der Waals surface area contributed by atoms with Crippen molar-refractivity contribution in [3.05, 3.63) is 58.5 Å². The predicted molar refractivity (Wildman–Crippen MR) is 119 cm³/mol. The Labute approximate surface area is 194 Å². The molecule has 0 radical (unpaired) electrons. The predicted octanol–water partition coefficient (Wildman–Crippen LogP) is 3.05. The number of anilines is 1. The molecule has 0 bridgehead atoms. The SMILES string of the molecule is [2H]C([2H])([2H])C([2H])([2H])[C@H]1CN(C(=O)OCc2ccccc2)C[C@H]1Nc1c(C(N)=O)cnn2cc(Br)nc12. The number of primary amides is 1. The largest absolute Gasteiger partial charge is 0.445 e. The molecule has 31 heavy (non-hydrogen) atoms. The monoisotopic (exact) mass is 491 g/mol. The summed E-state index contributed by atoms with van der Waals surface area (Å²) in [4.78, 5) is 30.5. The fourth-order valence-electron chi connectivity index (χ4n) is 3.48. The van der Waals surface area contributed by atoms with Gasteiger partial charge in [0.15, 0.2) is 5.65 Å². The number of rotatable bonds is 6. The number of halogens is 1. The maximum atomic E-state index is 12.8. The Morgan fingerprint density at radius 2 is 2.19 bits per heavy atom. The molecule has 9 nitrogen and oxygen atoms in total. The van der Waals surface area contributed by atoms with Crippen molar-refractivity contribution in [3.8, 4) is 0 Å². The molecule has 4 rings (SSSR count). The van der Waals surface area contributed by atoms with Gasteiger partial charge in [-0.25, -0.2) is 14.3 Å². The van der Waals surface area contributed by atoms with E-state index in [1.165, 1.54) is 15.6 Å². The molecule has 2 atom stereocenters. The van der Waals surface area contributed by atoms with E-state index >= 15 is 0 Å². The molecule has 0 unspecified atom stereocenters. The number of ether oxygens (including phenoxy) is 1. The standard InChI is InChI=1S/C21H23BrN6O3/c1-2-14-9-27(21(30)31-12-13-6-4-3-5-7-13)10-16(14)25-18-15(19(23)29)8-24-28-11-17(22)26-20(18)28/h3-8,11,14,16,25H,2,9-10,12H2,1H3,(H2,23,29)/t14-,16+/m0/s1/i1D3,2D2. The number of aromatic nitrogens is 3. The summed E-state index contributed by atoms with van der Waals surface area (Å²) in [6, 6.07) is 8.11. The lowest BCUT2D eigenvalue weighted by atomic mass is 10.0. The van der Waals surface area contributed by atoms with Gasteiger partial charge < -0.3 is 20.7 Å². The van der Waals surface area contributed by atoms with Crippen molar-refractivity contribution in [2.24, 2.45) is 11.7 Å². The van der Waals surface area contributed by atoms with Crippen LogP contribution >= 0.6 is 15.9 Å². The molecule has 1 aromatic carbocycles. The third-order valence-electron chi connectivity index (χ3n) is 5.03. The van der Waals surface area contributed by atoms with Crippen molar-refractivity contribution in [1.82, 2.24) is 19.5 Å². The molecule has 3 aromatic rings. The van der Waals surface area contributed by atoms with Gasteiger partial charge in [0.25, 0.3) is 5.91 Å². The molecule has 2 amide bonds. The minimum absolute atomic E-state index is 0.00397. The van der Waals surface area contributed by atoms with Gasteiger partial charge >= 0.3 is 6.09 Å². The maximum Gasteiger partial charge on any atom is 0.410 e. The second-order valence-electron chi connectivity index (χ2n) is 7.08. The first kappa shape index (κ1) is 15.6. The third kappa shape index (κ3) is 4.48. The van der Waals surface area contributed by atoms with Crippen LogP contribution < -0.4 is 11.1 Å². The number of nitrogens with zero attached hydrogens (tertiary/aromatic N) is 4. The first-order valence-electron chi connectivity index (χ1n) is 11.9. The van der Waals surface area contributed by atoms with Crippen LogP contribution in [0, 0.1) is 5.92 Å². The zero-order valence-electron chi connectivity index (χ0n) is 21.3. The summed E-state index contributed by atoms with van der Waals surface area (Å²) in [6.07, 6.45) is -0.606. The van der Waals surface area contributed by atoms with Crippen molar-refractivity contribution >= 4 is 39.3 Å². The van der Waals surface area contributed by atoms with Crippen LogP contribution in [-0.4, -0.2) is 50.6 Å². The second kappa shape index (κ2) is 8.93. The first-order chi connectivity index (χ1) is 16.9. The molecule has 0 saturated carbocycles. The van der Waals surface area contributed by atoms with Crippen molar-refractivity contribution < 1.29 is 21.2 Å². The van der Waals surface area contributed by atoms with E-state index in [4.69, 9.17) is 17.3 Å². The molecule has 162 valence electrons. The summed E-state index contributed by atoms with van der Waals surface area (Å²) in [6.45, 7) is -3.27. The molecular formula is C21H23BrN6O3. The third-order valence-corrected chi connectivity index (χ3v) is 5.41. The summed E-state index contributed by atoms with van der Waals surface area (Å²) >= 11 is 3.25. The Hall–Kier alpha value is -3.14. The fraction of sp³-hybridized carbons (Fsp3) is 0.333. The zero-order valence-corrected chi connectivity index (χ0v) is 17.9. The molecule has 1 aliphatic heterocycles. The van der Waals surface area contributed by atoms with Gasteiger partial charge in [-0.1, -0.05) is 37.2 Å². The highest BCUT2D eigenvalue weighted by Gasteiger charge is 2.36. The normalized spacial score (nSPS) is 21.6. The number of imidazole rings is 1. The van der Waals surface area contributed by atoms with Crippen LogP contribution in [0.1, 0.15) is 36.0 Å². The number of fused-ring (bicyclic) bond motifs is 1. The lowest BCUT2D eigenvalue weighted by Crippen LogP contribution is -2.33. The highest BCUT2D eigenvalue weighted by Crippen LogP contribution is 2.29. The van der Waals surface area contributed by atoms with Crippen LogP contribution in [0.5, 0.6) is 0 Å². The van der Waals surface area contributed by atoms with Gasteiger partial charge in [0.05, 0.1) is 23.6 Å². The highest BCUT2D eigenvalue weighted by molar-refractivity contribution is 9.10. The van der Waals surface area contributed by atoms with Gasteiger partial charge in [-0.15, -0.1) is 0 Å². The minimum Gasteiger partial charge on any atom is -0.445 e. The Morgan fingerprint density at radius 3 is 2.94 bits per heavy atom. The molecular weight excluding hydrogens is 464 g/mol. The van der Waals surface area contributed by atoms with Crippen molar-refractivity contribution in [1.29, 1.82) is 0 Å². The van der Waals surface area contributed by atoms with Crippen LogP contribution in [0.15, 0.2) is 47.3 Å². The smallest absolute Gasteiger partial charge is 0.410 e. The number of amides is 2. The van der Waals surface area contributed by atoms with E-state index in [1.807, 2.05) is 6.07 Å². The van der Waals surface area contributed by atoms with Crippen LogP contribution in [0.25, 0.3) is 5.65 Å².